The fourth-order valence-electron chi connectivity index (χ4n) is 3.03. The van der Waals surface area contributed by atoms with Crippen LogP contribution in [0.15, 0.2) is 22.9 Å². The lowest BCUT2D eigenvalue weighted by Gasteiger charge is -2.38. The molecular formula is C18H28BrN3O2. The fraction of sp³-hybridized carbons (Fsp3) is 0.667. The van der Waals surface area contributed by atoms with Crippen molar-refractivity contribution in [2.45, 2.75) is 58.2 Å². The van der Waals surface area contributed by atoms with E-state index in [1.165, 1.54) is 12.0 Å². The summed E-state index contributed by atoms with van der Waals surface area (Å²) in [4.78, 5) is 20.8. The van der Waals surface area contributed by atoms with Gasteiger partial charge in [0.05, 0.1) is 0 Å². The van der Waals surface area contributed by atoms with Crippen molar-refractivity contribution in [2.75, 3.05) is 20.1 Å². The zero-order valence-electron chi connectivity index (χ0n) is 15.1. The molecule has 2 rings (SSSR count). The normalized spacial score (nSPS) is 18.8. The van der Waals surface area contributed by atoms with Gasteiger partial charge in [-0.25, -0.2) is 9.78 Å². The van der Waals surface area contributed by atoms with Crippen LogP contribution in [0, 0.1) is 0 Å². The fourth-order valence-corrected chi connectivity index (χ4v) is 3.44. The molecule has 1 aliphatic rings. The van der Waals surface area contributed by atoms with Crippen molar-refractivity contribution >= 4 is 22.0 Å². The monoisotopic (exact) mass is 397 g/mol. The molecule has 0 saturated carbocycles. The maximum atomic E-state index is 12.5. The van der Waals surface area contributed by atoms with Gasteiger partial charge in [-0.05, 0) is 80.7 Å². The van der Waals surface area contributed by atoms with Crippen molar-refractivity contribution in [1.29, 1.82) is 0 Å². The van der Waals surface area contributed by atoms with Crippen LogP contribution < -0.4 is 0 Å². The van der Waals surface area contributed by atoms with Gasteiger partial charge in [-0.2, -0.15) is 0 Å². The summed E-state index contributed by atoms with van der Waals surface area (Å²) in [5.74, 6) is 0. The Morgan fingerprint density at radius 3 is 2.88 bits per heavy atom. The van der Waals surface area contributed by atoms with Crippen LogP contribution in [-0.2, 0) is 11.3 Å². The number of hydrogen-bond acceptors (Lipinski definition) is 4. The van der Waals surface area contributed by atoms with Crippen molar-refractivity contribution in [3.8, 4) is 0 Å². The molecule has 0 bridgehead atoms. The summed E-state index contributed by atoms with van der Waals surface area (Å²) in [6.07, 6.45) is 4.87. The Kier molecular flexibility index (Phi) is 6.63. The van der Waals surface area contributed by atoms with Crippen LogP contribution >= 0.6 is 15.9 Å². The number of likely N-dealkylation sites (tertiary alicyclic amines) is 1. The molecule has 0 unspecified atom stereocenters. The van der Waals surface area contributed by atoms with Gasteiger partial charge < -0.3 is 14.5 Å². The average Bonchev–Trinajstić information content (AvgIpc) is 2.45. The van der Waals surface area contributed by atoms with Gasteiger partial charge in [-0.1, -0.05) is 0 Å². The summed E-state index contributed by atoms with van der Waals surface area (Å²) in [6.45, 7) is 8.21. The summed E-state index contributed by atoms with van der Waals surface area (Å²) in [6, 6.07) is 4.26. The van der Waals surface area contributed by atoms with Crippen LogP contribution in [0.5, 0.6) is 0 Å². The van der Waals surface area contributed by atoms with E-state index in [1.54, 1.807) is 6.20 Å². The molecule has 1 aromatic rings. The maximum absolute atomic E-state index is 12.5. The van der Waals surface area contributed by atoms with E-state index in [2.05, 4.69) is 32.9 Å². The third-order valence-electron chi connectivity index (χ3n) is 4.02. The highest BCUT2D eigenvalue weighted by molar-refractivity contribution is 9.10. The van der Waals surface area contributed by atoms with Gasteiger partial charge in [0.2, 0.25) is 0 Å². The average molecular weight is 398 g/mol. The number of aromatic nitrogens is 1. The third-order valence-corrected chi connectivity index (χ3v) is 4.45. The third kappa shape index (κ3) is 6.06. The smallest absolute Gasteiger partial charge is 0.410 e. The minimum Gasteiger partial charge on any atom is -0.444 e. The van der Waals surface area contributed by atoms with Crippen LogP contribution in [0.25, 0.3) is 0 Å². The Hall–Kier alpha value is -1.14. The van der Waals surface area contributed by atoms with Crippen LogP contribution in [0.4, 0.5) is 4.79 Å². The first-order chi connectivity index (χ1) is 11.2. The molecule has 1 aliphatic heterocycles. The molecule has 0 aliphatic carbocycles. The molecule has 5 nitrogen and oxygen atoms in total. The second-order valence-electron chi connectivity index (χ2n) is 7.51. The standard InChI is InChI=1S/C18H28BrN3O2/c1-18(2,3)24-17(23)22-10-6-5-7-15(22)13-21(4)12-14-8-9-20-16(19)11-14/h8-9,11,15H,5-7,10,12-13H2,1-4H3/t15-/m1/s1. The zero-order chi connectivity index (χ0) is 17.7. The Morgan fingerprint density at radius 2 is 2.21 bits per heavy atom. The van der Waals surface area contributed by atoms with E-state index in [0.717, 1.165) is 37.1 Å². The number of nitrogens with zero attached hydrogens (tertiary/aromatic N) is 3. The molecular weight excluding hydrogens is 370 g/mol. The first kappa shape index (κ1) is 19.2. The van der Waals surface area contributed by atoms with Gasteiger partial charge in [-0.3, -0.25) is 0 Å². The number of halogens is 1. The molecule has 0 spiro atoms. The van der Waals surface area contributed by atoms with Crippen molar-refractivity contribution < 1.29 is 9.53 Å². The zero-order valence-corrected chi connectivity index (χ0v) is 16.7. The number of pyridine rings is 1. The molecule has 1 fully saturated rings. The summed E-state index contributed by atoms with van der Waals surface area (Å²) in [5.41, 5.74) is 0.757. The lowest BCUT2D eigenvalue weighted by molar-refractivity contribution is 0.00587. The Bertz CT molecular complexity index is 559. The van der Waals surface area contributed by atoms with Gasteiger partial charge in [-0.15, -0.1) is 0 Å². The number of hydrogen-bond donors (Lipinski definition) is 0. The van der Waals surface area contributed by atoms with E-state index in [9.17, 15) is 4.79 Å². The number of amides is 1. The van der Waals surface area contributed by atoms with E-state index < -0.39 is 5.60 Å². The summed E-state index contributed by atoms with van der Waals surface area (Å²) < 4.78 is 6.43. The predicted octanol–water partition coefficient (Wildman–Crippen LogP) is 4.07. The summed E-state index contributed by atoms with van der Waals surface area (Å²) in [5, 5.41) is 0. The Labute approximate surface area is 153 Å². The van der Waals surface area contributed by atoms with E-state index in [4.69, 9.17) is 4.74 Å². The SMILES string of the molecule is CN(Cc1ccnc(Br)c1)C[C@H]1CCCCN1C(=O)OC(C)(C)C. The summed E-state index contributed by atoms with van der Waals surface area (Å²) >= 11 is 3.41. The predicted molar refractivity (Wildman–Crippen MR) is 98.9 cm³/mol. The van der Waals surface area contributed by atoms with Gasteiger partial charge in [0.25, 0.3) is 0 Å². The summed E-state index contributed by atoms with van der Waals surface area (Å²) in [7, 11) is 2.09. The van der Waals surface area contributed by atoms with E-state index in [0.29, 0.717) is 0 Å². The molecule has 0 N–H and O–H groups in total. The van der Waals surface area contributed by atoms with Crippen LogP contribution in [0.1, 0.15) is 45.6 Å². The first-order valence-electron chi connectivity index (χ1n) is 8.53. The minimum atomic E-state index is -0.450. The Balaban J connectivity index is 1.96. The highest BCUT2D eigenvalue weighted by atomic mass is 79.9. The Morgan fingerprint density at radius 1 is 1.46 bits per heavy atom. The quantitative estimate of drug-likeness (QED) is 0.718. The first-order valence-corrected chi connectivity index (χ1v) is 9.32. The topological polar surface area (TPSA) is 45.7 Å². The van der Waals surface area contributed by atoms with Crippen LogP contribution in [-0.4, -0.2) is 52.7 Å². The van der Waals surface area contributed by atoms with Crippen molar-refractivity contribution in [2.24, 2.45) is 0 Å². The number of rotatable bonds is 4. The van der Waals surface area contributed by atoms with Gasteiger partial charge in [0.15, 0.2) is 0 Å². The molecule has 0 radical (unpaired) electrons. The number of carbonyl (C=O) groups excluding carboxylic acids is 1. The molecule has 24 heavy (non-hydrogen) atoms. The molecule has 134 valence electrons. The number of carbonyl (C=O) groups is 1. The van der Waals surface area contributed by atoms with Gasteiger partial charge >= 0.3 is 6.09 Å². The lowest BCUT2D eigenvalue weighted by Crippen LogP contribution is -2.50. The molecule has 1 aromatic heterocycles. The van der Waals surface area contributed by atoms with Crippen LogP contribution in [0.2, 0.25) is 0 Å². The van der Waals surface area contributed by atoms with Gasteiger partial charge in [0, 0.05) is 31.9 Å². The largest absolute Gasteiger partial charge is 0.444 e. The highest BCUT2D eigenvalue weighted by Crippen LogP contribution is 2.21. The van der Waals surface area contributed by atoms with Crippen molar-refractivity contribution in [1.82, 2.24) is 14.8 Å². The number of likely N-dealkylation sites (N-methyl/N-ethyl adjacent to an activating group) is 1. The van der Waals surface area contributed by atoms with Crippen LogP contribution in [0.3, 0.4) is 0 Å². The molecule has 0 aromatic carbocycles. The highest BCUT2D eigenvalue weighted by Gasteiger charge is 2.31. The second kappa shape index (κ2) is 8.30. The second-order valence-corrected chi connectivity index (χ2v) is 8.32. The van der Waals surface area contributed by atoms with Crippen molar-refractivity contribution in [3.63, 3.8) is 0 Å². The van der Waals surface area contributed by atoms with Gasteiger partial charge in [0.1, 0.15) is 10.2 Å². The molecule has 1 amide bonds. The molecule has 6 heteroatoms. The maximum Gasteiger partial charge on any atom is 0.410 e. The number of piperidine rings is 1. The molecule has 1 atom stereocenters. The lowest BCUT2D eigenvalue weighted by atomic mass is 10.0. The molecule has 2 heterocycles. The van der Waals surface area contributed by atoms with Crippen molar-refractivity contribution in [3.05, 3.63) is 28.5 Å². The van der Waals surface area contributed by atoms with E-state index in [-0.39, 0.29) is 12.1 Å². The molecule has 1 saturated heterocycles. The van der Waals surface area contributed by atoms with E-state index >= 15 is 0 Å². The number of ether oxygens (including phenoxy) is 1. The van der Waals surface area contributed by atoms with E-state index in [1.807, 2.05) is 37.8 Å². The minimum absolute atomic E-state index is 0.188.